The van der Waals surface area contributed by atoms with Gasteiger partial charge in [0.25, 0.3) is 5.91 Å². The highest BCUT2D eigenvalue weighted by atomic mass is 19.4. The lowest BCUT2D eigenvalue weighted by Gasteiger charge is -2.07. The third-order valence-corrected chi connectivity index (χ3v) is 1.27. The van der Waals surface area contributed by atoms with Gasteiger partial charge in [-0.1, -0.05) is 0 Å². The lowest BCUT2D eigenvalue weighted by Crippen LogP contribution is -2.34. The highest BCUT2D eigenvalue weighted by molar-refractivity contribution is 5.91. The van der Waals surface area contributed by atoms with Crippen molar-refractivity contribution in [2.24, 2.45) is 5.73 Å². The summed E-state index contributed by atoms with van der Waals surface area (Å²) in [6.07, 6.45) is -3.57. The number of hydrogen-bond acceptors (Lipinski definition) is 4. The number of carbonyl (C=O) groups excluding carboxylic acids is 2. The summed E-state index contributed by atoms with van der Waals surface area (Å²) in [6.45, 7) is 0. The summed E-state index contributed by atoms with van der Waals surface area (Å²) in [5, 5.41) is 0. The summed E-state index contributed by atoms with van der Waals surface area (Å²) in [7, 11) is 0. The van der Waals surface area contributed by atoms with Gasteiger partial charge < -0.3 is 10.6 Å². The monoisotopic (exact) mass is 223 g/mol. The summed E-state index contributed by atoms with van der Waals surface area (Å²) < 4.78 is 35.5. The van der Waals surface area contributed by atoms with Crippen LogP contribution in [0.25, 0.3) is 0 Å². The predicted molar refractivity (Wildman–Crippen MR) is 38.4 cm³/mol. The maximum atomic E-state index is 11.7. The number of amides is 1. The molecule has 1 rings (SSSR count). The lowest BCUT2D eigenvalue weighted by atomic mass is 10.5. The van der Waals surface area contributed by atoms with E-state index in [1.54, 1.807) is 0 Å². The van der Waals surface area contributed by atoms with E-state index in [0.717, 1.165) is 6.20 Å². The largest absolute Gasteiger partial charge is 0.493 e. The predicted octanol–water partition coefficient (Wildman–Crippen LogP) is -0.501. The molecule has 1 amide bonds. The van der Waals surface area contributed by atoms with Crippen LogP contribution in [0.15, 0.2) is 12.5 Å². The standard InChI is InChI=1S/C6H4F3N3O3/c7-6(8,9)5(14)15-12-2-11-1-3(12)4(10)13/h1-2H,(H2,10,13). The average Bonchev–Trinajstić information content (AvgIpc) is 2.50. The van der Waals surface area contributed by atoms with Gasteiger partial charge >= 0.3 is 12.1 Å². The van der Waals surface area contributed by atoms with Gasteiger partial charge in [0, 0.05) is 0 Å². The molecule has 6 nitrogen and oxygen atoms in total. The lowest BCUT2D eigenvalue weighted by molar-refractivity contribution is -0.200. The Labute approximate surface area is 80.4 Å². The number of carbonyl (C=O) groups is 2. The van der Waals surface area contributed by atoms with E-state index in [4.69, 9.17) is 5.73 Å². The number of nitrogens with zero attached hydrogens (tertiary/aromatic N) is 2. The molecule has 82 valence electrons. The number of hydrogen-bond donors (Lipinski definition) is 1. The van der Waals surface area contributed by atoms with E-state index in [0.29, 0.717) is 6.33 Å². The minimum Gasteiger partial charge on any atom is -0.364 e. The van der Waals surface area contributed by atoms with E-state index in [1.807, 2.05) is 0 Å². The Kier molecular flexibility index (Phi) is 2.64. The zero-order valence-electron chi connectivity index (χ0n) is 6.99. The van der Waals surface area contributed by atoms with E-state index < -0.39 is 23.7 Å². The van der Waals surface area contributed by atoms with Crippen molar-refractivity contribution in [2.75, 3.05) is 0 Å². The average molecular weight is 223 g/mol. The van der Waals surface area contributed by atoms with Crippen LogP contribution < -0.4 is 10.6 Å². The number of rotatable bonds is 2. The molecule has 0 unspecified atom stereocenters. The fourth-order valence-corrected chi connectivity index (χ4v) is 0.670. The van der Waals surface area contributed by atoms with Crippen molar-refractivity contribution in [3.63, 3.8) is 0 Å². The minimum atomic E-state index is -5.15. The van der Waals surface area contributed by atoms with Crippen LogP contribution in [0.2, 0.25) is 0 Å². The molecule has 0 radical (unpaired) electrons. The van der Waals surface area contributed by atoms with Crippen LogP contribution in [0.5, 0.6) is 0 Å². The smallest absolute Gasteiger partial charge is 0.364 e. The summed E-state index contributed by atoms with van der Waals surface area (Å²) in [6, 6.07) is 0. The second kappa shape index (κ2) is 3.59. The van der Waals surface area contributed by atoms with Gasteiger partial charge in [0.2, 0.25) is 0 Å². The molecular formula is C6H4F3N3O3. The SMILES string of the molecule is NC(=O)c1cncn1OC(=O)C(F)(F)F. The molecule has 9 heteroatoms. The van der Waals surface area contributed by atoms with Gasteiger partial charge in [-0.25, -0.2) is 9.78 Å². The van der Waals surface area contributed by atoms with E-state index in [9.17, 15) is 22.8 Å². The van der Waals surface area contributed by atoms with Crippen LogP contribution in [0.4, 0.5) is 13.2 Å². The zero-order valence-corrected chi connectivity index (χ0v) is 6.99. The molecule has 1 aromatic rings. The van der Waals surface area contributed by atoms with E-state index in [2.05, 4.69) is 9.82 Å². The van der Waals surface area contributed by atoms with Crippen molar-refractivity contribution in [1.82, 2.24) is 9.71 Å². The number of imidazole rings is 1. The molecule has 0 atom stereocenters. The minimum absolute atomic E-state index is 0.248. The molecule has 0 aliphatic rings. The molecule has 0 spiro atoms. The molecule has 0 aliphatic carbocycles. The number of primary amides is 1. The second-order valence-electron chi connectivity index (χ2n) is 2.35. The van der Waals surface area contributed by atoms with Gasteiger partial charge in [0.15, 0.2) is 5.69 Å². The Morgan fingerprint density at radius 1 is 1.47 bits per heavy atom. The van der Waals surface area contributed by atoms with Gasteiger partial charge in [0.1, 0.15) is 6.33 Å². The summed E-state index contributed by atoms with van der Waals surface area (Å²) in [5.74, 6) is -3.54. The van der Waals surface area contributed by atoms with Crippen LogP contribution in [-0.4, -0.2) is 27.8 Å². The highest BCUT2D eigenvalue weighted by Crippen LogP contribution is 2.15. The quantitative estimate of drug-likeness (QED) is 0.732. The molecule has 0 saturated heterocycles. The van der Waals surface area contributed by atoms with E-state index in [-0.39, 0.29) is 4.73 Å². The zero-order chi connectivity index (χ0) is 11.6. The number of halogens is 3. The fraction of sp³-hybridized carbons (Fsp3) is 0.167. The van der Waals surface area contributed by atoms with E-state index >= 15 is 0 Å². The summed E-state index contributed by atoms with van der Waals surface area (Å²) in [5.41, 5.74) is 4.31. The molecule has 1 heterocycles. The third-order valence-electron chi connectivity index (χ3n) is 1.27. The van der Waals surface area contributed by atoms with Crippen LogP contribution in [0, 0.1) is 0 Å². The first-order chi connectivity index (χ1) is 6.82. The summed E-state index contributed by atoms with van der Waals surface area (Å²) in [4.78, 5) is 28.1. The maximum absolute atomic E-state index is 11.7. The fourth-order valence-electron chi connectivity index (χ4n) is 0.670. The number of nitrogens with two attached hydrogens (primary N) is 1. The highest BCUT2D eigenvalue weighted by Gasteiger charge is 2.42. The first kappa shape index (κ1) is 11.0. The Hall–Kier alpha value is -2.06. The molecule has 0 aliphatic heterocycles. The van der Waals surface area contributed by atoms with Crippen LogP contribution in [-0.2, 0) is 4.79 Å². The topological polar surface area (TPSA) is 87.2 Å². The van der Waals surface area contributed by atoms with Crippen molar-refractivity contribution >= 4 is 11.9 Å². The molecule has 1 aromatic heterocycles. The van der Waals surface area contributed by atoms with Crippen molar-refractivity contribution in [3.05, 3.63) is 18.2 Å². The molecular weight excluding hydrogens is 219 g/mol. The second-order valence-corrected chi connectivity index (χ2v) is 2.35. The van der Waals surface area contributed by atoms with Gasteiger partial charge in [-0.3, -0.25) is 4.79 Å². The van der Waals surface area contributed by atoms with Gasteiger partial charge in [-0.05, 0) is 0 Å². The normalized spacial score (nSPS) is 11.1. The van der Waals surface area contributed by atoms with Crippen LogP contribution >= 0.6 is 0 Å². The molecule has 15 heavy (non-hydrogen) atoms. The van der Waals surface area contributed by atoms with E-state index in [1.165, 1.54) is 0 Å². The Balaban J connectivity index is 2.86. The molecule has 0 fully saturated rings. The molecule has 0 bridgehead atoms. The third kappa shape index (κ3) is 2.45. The number of alkyl halides is 3. The Morgan fingerprint density at radius 3 is 2.53 bits per heavy atom. The van der Waals surface area contributed by atoms with Crippen LogP contribution in [0.3, 0.4) is 0 Å². The summed E-state index contributed by atoms with van der Waals surface area (Å²) >= 11 is 0. The Bertz CT molecular complexity index is 398. The van der Waals surface area contributed by atoms with Crippen LogP contribution in [0.1, 0.15) is 10.5 Å². The van der Waals surface area contributed by atoms with Crippen molar-refractivity contribution in [3.8, 4) is 0 Å². The first-order valence-corrected chi connectivity index (χ1v) is 3.44. The maximum Gasteiger partial charge on any atom is 0.493 e. The molecule has 0 saturated carbocycles. The van der Waals surface area contributed by atoms with Crippen molar-refractivity contribution in [2.45, 2.75) is 6.18 Å². The van der Waals surface area contributed by atoms with Gasteiger partial charge in [-0.15, -0.1) is 0 Å². The molecule has 2 N–H and O–H groups in total. The van der Waals surface area contributed by atoms with Crippen molar-refractivity contribution < 1.29 is 27.6 Å². The van der Waals surface area contributed by atoms with Crippen molar-refractivity contribution in [1.29, 1.82) is 0 Å². The Morgan fingerprint density at radius 2 is 2.07 bits per heavy atom. The van der Waals surface area contributed by atoms with Gasteiger partial charge in [-0.2, -0.15) is 17.9 Å². The first-order valence-electron chi connectivity index (χ1n) is 3.44. The molecule has 0 aromatic carbocycles. The number of aromatic nitrogens is 2. The van der Waals surface area contributed by atoms with Gasteiger partial charge in [0.05, 0.1) is 6.20 Å².